The van der Waals surface area contributed by atoms with Gasteiger partial charge < -0.3 is 4.43 Å². The molecule has 0 N–H and O–H groups in total. The van der Waals surface area contributed by atoms with Crippen LogP contribution in [0.5, 0.6) is 5.75 Å². The summed E-state index contributed by atoms with van der Waals surface area (Å²) in [6, 6.07) is 33.4. The second kappa shape index (κ2) is 8.20. The average Bonchev–Trinajstić information content (AvgIpc) is 3.07. The maximum atomic E-state index is 7.08. The minimum atomic E-state index is -2.29. The second-order valence-corrected chi connectivity index (χ2v) is 11.9. The Labute approximate surface area is 169 Å². The molecule has 0 saturated heterocycles. The molecule has 3 aromatic carbocycles. The first-order valence-corrected chi connectivity index (χ1v) is 12.5. The van der Waals surface area contributed by atoms with Gasteiger partial charge in [-0.25, -0.2) is 0 Å². The summed E-state index contributed by atoms with van der Waals surface area (Å²) in [7, 11) is -2.29. The van der Waals surface area contributed by atoms with E-state index in [1.165, 1.54) is 11.1 Å². The summed E-state index contributed by atoms with van der Waals surface area (Å²) in [6.07, 6.45) is 4.84. The van der Waals surface area contributed by atoms with Crippen molar-refractivity contribution in [1.29, 1.82) is 0 Å². The molecule has 0 radical (unpaired) electrons. The number of benzene rings is 3. The molecule has 0 bridgehead atoms. The molecule has 1 heterocycles. The lowest BCUT2D eigenvalue weighted by Gasteiger charge is -2.40. The van der Waals surface area contributed by atoms with E-state index in [1.807, 2.05) is 0 Å². The molecule has 0 aromatic heterocycles. The molecular weight excluding hydrogens is 356 g/mol. The van der Waals surface area contributed by atoms with E-state index in [9.17, 15) is 0 Å². The summed E-state index contributed by atoms with van der Waals surface area (Å²) in [5, 5.41) is 0. The van der Waals surface area contributed by atoms with Crippen LogP contribution in [0.3, 0.4) is 0 Å². The van der Waals surface area contributed by atoms with Gasteiger partial charge in [0, 0.05) is 11.1 Å². The topological polar surface area (TPSA) is 9.23 Å². The SMILES string of the molecule is CC(C)C[Si]1(Oc2ccccc2)C(c2ccccc2)C=CC1c1ccccc1. The molecule has 0 spiro atoms. The summed E-state index contributed by atoms with van der Waals surface area (Å²) in [6.45, 7) is 4.65. The highest BCUT2D eigenvalue weighted by Crippen LogP contribution is 2.49. The summed E-state index contributed by atoms with van der Waals surface area (Å²) < 4.78 is 7.08. The van der Waals surface area contributed by atoms with Crippen LogP contribution >= 0.6 is 0 Å². The molecule has 4 rings (SSSR count). The Hall–Kier alpha value is -2.58. The van der Waals surface area contributed by atoms with Crippen molar-refractivity contribution in [2.75, 3.05) is 0 Å². The minimum Gasteiger partial charge on any atom is -0.542 e. The Morgan fingerprint density at radius 1 is 0.679 bits per heavy atom. The lowest BCUT2D eigenvalue weighted by molar-refractivity contribution is 0.495. The first-order valence-electron chi connectivity index (χ1n) is 10.2. The van der Waals surface area contributed by atoms with E-state index < -0.39 is 8.32 Å². The van der Waals surface area contributed by atoms with Crippen LogP contribution in [-0.2, 0) is 0 Å². The highest BCUT2D eigenvalue weighted by molar-refractivity contribution is 6.79. The van der Waals surface area contributed by atoms with Crippen LogP contribution in [0.4, 0.5) is 0 Å². The minimum absolute atomic E-state index is 0.349. The van der Waals surface area contributed by atoms with Gasteiger partial charge in [-0.2, -0.15) is 0 Å². The Balaban J connectivity index is 1.85. The Kier molecular flexibility index (Phi) is 5.49. The fraction of sp³-hybridized carbons (Fsp3) is 0.231. The van der Waals surface area contributed by atoms with Gasteiger partial charge in [0.25, 0.3) is 8.32 Å². The number of allylic oxidation sites excluding steroid dienone is 2. The summed E-state index contributed by atoms with van der Waals surface area (Å²) in [4.78, 5) is 0. The standard InChI is InChI=1S/C26H28OSi/c1-21(2)20-28(27-24-16-10-5-11-17-24)25(22-12-6-3-7-13-22)18-19-26(28)23-14-8-4-9-15-23/h3-19,21,25-26H,20H2,1-2H3. The molecule has 0 aliphatic carbocycles. The normalized spacial score (nSPS) is 23.8. The molecule has 2 unspecified atom stereocenters. The van der Waals surface area contributed by atoms with Gasteiger partial charge in [0.05, 0.1) is 0 Å². The Bertz CT molecular complexity index is 853. The third-order valence-electron chi connectivity index (χ3n) is 5.64. The predicted octanol–water partition coefficient (Wildman–Crippen LogP) is 6.88. The van der Waals surface area contributed by atoms with Gasteiger partial charge >= 0.3 is 0 Å². The molecule has 1 aliphatic heterocycles. The molecule has 28 heavy (non-hydrogen) atoms. The van der Waals surface area contributed by atoms with Gasteiger partial charge in [0.2, 0.25) is 0 Å². The van der Waals surface area contributed by atoms with E-state index in [4.69, 9.17) is 4.43 Å². The van der Waals surface area contributed by atoms with Crippen molar-refractivity contribution in [1.82, 2.24) is 0 Å². The van der Waals surface area contributed by atoms with E-state index in [-0.39, 0.29) is 0 Å². The maximum Gasteiger partial charge on any atom is 0.273 e. The monoisotopic (exact) mass is 384 g/mol. The van der Waals surface area contributed by atoms with Crippen molar-refractivity contribution < 1.29 is 4.43 Å². The number of hydrogen-bond acceptors (Lipinski definition) is 1. The number of para-hydroxylation sites is 1. The van der Waals surface area contributed by atoms with Gasteiger partial charge in [-0.05, 0) is 35.2 Å². The third kappa shape index (κ3) is 3.70. The van der Waals surface area contributed by atoms with E-state index in [0.717, 1.165) is 11.8 Å². The van der Waals surface area contributed by atoms with Crippen molar-refractivity contribution in [2.24, 2.45) is 5.92 Å². The second-order valence-electron chi connectivity index (χ2n) is 8.13. The molecular formula is C26H28OSi. The molecule has 0 amide bonds. The smallest absolute Gasteiger partial charge is 0.273 e. The van der Waals surface area contributed by atoms with Gasteiger partial charge in [0.15, 0.2) is 0 Å². The molecule has 142 valence electrons. The molecule has 2 atom stereocenters. The van der Waals surface area contributed by atoms with Crippen molar-refractivity contribution in [3.63, 3.8) is 0 Å². The van der Waals surface area contributed by atoms with Crippen LogP contribution < -0.4 is 4.43 Å². The van der Waals surface area contributed by atoms with Gasteiger partial charge in [-0.15, -0.1) is 0 Å². The fourth-order valence-corrected chi connectivity index (χ4v) is 10.1. The largest absolute Gasteiger partial charge is 0.542 e. The fourth-order valence-electron chi connectivity index (χ4n) is 4.62. The average molecular weight is 385 g/mol. The van der Waals surface area contributed by atoms with Crippen molar-refractivity contribution >= 4 is 8.32 Å². The molecule has 3 aromatic rings. The van der Waals surface area contributed by atoms with Gasteiger partial charge in [-0.1, -0.05) is 105 Å². The van der Waals surface area contributed by atoms with Crippen molar-refractivity contribution in [3.8, 4) is 5.75 Å². The van der Waals surface area contributed by atoms with Crippen molar-refractivity contribution in [2.45, 2.75) is 31.0 Å². The first-order chi connectivity index (χ1) is 13.7. The van der Waals surface area contributed by atoms with Crippen LogP contribution in [0.2, 0.25) is 6.04 Å². The molecule has 0 fully saturated rings. The maximum absolute atomic E-state index is 7.08. The van der Waals surface area contributed by atoms with Crippen molar-refractivity contribution in [3.05, 3.63) is 114 Å². The Morgan fingerprint density at radius 2 is 1.11 bits per heavy atom. The van der Waals surface area contributed by atoms with Crippen LogP contribution in [0, 0.1) is 5.92 Å². The zero-order valence-electron chi connectivity index (χ0n) is 16.7. The zero-order valence-corrected chi connectivity index (χ0v) is 17.7. The Morgan fingerprint density at radius 3 is 1.54 bits per heavy atom. The lowest BCUT2D eigenvalue weighted by Crippen LogP contribution is -2.51. The highest BCUT2D eigenvalue weighted by atomic mass is 28.4. The molecule has 1 nitrogen and oxygen atoms in total. The van der Waals surface area contributed by atoms with E-state index in [1.54, 1.807) is 0 Å². The molecule has 2 heteroatoms. The van der Waals surface area contributed by atoms with E-state index in [0.29, 0.717) is 17.0 Å². The van der Waals surface area contributed by atoms with Crippen LogP contribution in [0.1, 0.15) is 36.1 Å². The lowest BCUT2D eigenvalue weighted by atomic mass is 10.1. The van der Waals surface area contributed by atoms with E-state index in [2.05, 4.69) is 117 Å². The molecule has 0 saturated carbocycles. The molecule has 1 aliphatic rings. The van der Waals surface area contributed by atoms with Crippen LogP contribution in [0.25, 0.3) is 0 Å². The predicted molar refractivity (Wildman–Crippen MR) is 120 cm³/mol. The van der Waals surface area contributed by atoms with Crippen LogP contribution in [-0.4, -0.2) is 8.32 Å². The quantitative estimate of drug-likeness (QED) is 0.332. The van der Waals surface area contributed by atoms with Gasteiger partial charge in [0.1, 0.15) is 5.75 Å². The number of rotatable bonds is 6. The summed E-state index contributed by atoms with van der Waals surface area (Å²) in [5.41, 5.74) is 3.45. The zero-order chi connectivity index (χ0) is 19.4. The third-order valence-corrected chi connectivity index (χ3v) is 10.9. The first kappa shape index (κ1) is 18.8. The summed E-state index contributed by atoms with van der Waals surface area (Å²) in [5.74, 6) is 1.58. The van der Waals surface area contributed by atoms with Crippen LogP contribution in [0.15, 0.2) is 103 Å². The highest BCUT2D eigenvalue weighted by Gasteiger charge is 2.54. The van der Waals surface area contributed by atoms with Gasteiger partial charge in [-0.3, -0.25) is 0 Å². The number of hydrogen-bond donors (Lipinski definition) is 0. The van der Waals surface area contributed by atoms with E-state index >= 15 is 0 Å². The summed E-state index contributed by atoms with van der Waals surface area (Å²) >= 11 is 0.